The van der Waals surface area contributed by atoms with E-state index in [4.69, 9.17) is 0 Å². The van der Waals surface area contributed by atoms with Crippen LogP contribution in [-0.4, -0.2) is 42.1 Å². The number of allylic oxidation sites excluding steroid dienone is 5. The molecule has 0 N–H and O–H groups in total. The van der Waals surface area contributed by atoms with Gasteiger partial charge in [-0.1, -0.05) is 37.3 Å². The number of rotatable bonds is 3. The van der Waals surface area contributed by atoms with Crippen LogP contribution >= 0.6 is 15.9 Å². The third-order valence-corrected chi connectivity index (χ3v) is 6.33. The van der Waals surface area contributed by atoms with Gasteiger partial charge in [0.15, 0.2) is 0 Å². The zero-order valence-electron chi connectivity index (χ0n) is 15.5. The van der Waals surface area contributed by atoms with E-state index in [2.05, 4.69) is 74.1 Å². The molecule has 1 unspecified atom stereocenters. The van der Waals surface area contributed by atoms with Gasteiger partial charge >= 0.3 is 0 Å². The molecule has 1 aromatic heterocycles. The van der Waals surface area contributed by atoms with Gasteiger partial charge in [0.25, 0.3) is 0 Å². The van der Waals surface area contributed by atoms with Crippen molar-refractivity contribution in [1.82, 2.24) is 9.88 Å². The normalized spacial score (nSPS) is 29.7. The van der Waals surface area contributed by atoms with E-state index in [1.165, 1.54) is 30.5 Å². The summed E-state index contributed by atoms with van der Waals surface area (Å²) in [6.07, 6.45) is 19.7. The summed E-state index contributed by atoms with van der Waals surface area (Å²) in [7, 11) is 0. The molecule has 0 saturated carbocycles. The third-order valence-electron chi connectivity index (χ3n) is 5.90. The van der Waals surface area contributed by atoms with Crippen molar-refractivity contribution in [1.29, 1.82) is 0 Å². The summed E-state index contributed by atoms with van der Waals surface area (Å²) in [6.45, 7) is 6.74. The number of pyridine rings is 1. The lowest BCUT2D eigenvalue weighted by molar-refractivity contribution is 0.198. The molecule has 138 valence electrons. The van der Waals surface area contributed by atoms with E-state index in [-0.39, 0.29) is 0 Å². The third kappa shape index (κ3) is 4.12. The van der Waals surface area contributed by atoms with Crippen molar-refractivity contribution >= 4 is 21.6 Å². The Balaban J connectivity index is 1.33. The average Bonchev–Trinajstić information content (AvgIpc) is 2.68. The predicted molar refractivity (Wildman–Crippen MR) is 112 cm³/mol. The standard InChI is InChI=1S/C22H28BrN3/c1-17-3-2-4-19(13-17)18-5-7-21(8-6-18)25-9-11-26(12-10-25)22-14-20(23)15-24-16-22/h2,4-5,7,13-18,21H,3,6,8-12H2,1H3/t17?,18-,21-/m1/s1. The molecule has 26 heavy (non-hydrogen) atoms. The van der Waals surface area contributed by atoms with Crippen LogP contribution in [0.3, 0.4) is 0 Å². The number of aromatic nitrogens is 1. The summed E-state index contributed by atoms with van der Waals surface area (Å²) in [4.78, 5) is 9.40. The van der Waals surface area contributed by atoms with E-state index >= 15 is 0 Å². The first-order chi connectivity index (χ1) is 12.7. The molecule has 2 aliphatic carbocycles. The topological polar surface area (TPSA) is 19.4 Å². The second-order valence-electron chi connectivity index (χ2n) is 7.80. The Hall–Kier alpha value is -1.39. The molecule has 1 fully saturated rings. The average molecular weight is 414 g/mol. The molecule has 1 saturated heterocycles. The van der Waals surface area contributed by atoms with Gasteiger partial charge < -0.3 is 4.90 Å². The number of piperazine rings is 1. The zero-order valence-corrected chi connectivity index (χ0v) is 17.1. The lowest BCUT2D eigenvalue weighted by Crippen LogP contribution is -2.50. The predicted octanol–water partition coefficient (Wildman–Crippen LogP) is 4.82. The fourth-order valence-electron chi connectivity index (χ4n) is 4.39. The maximum atomic E-state index is 4.30. The van der Waals surface area contributed by atoms with Gasteiger partial charge in [0.1, 0.15) is 0 Å². The Labute approximate surface area is 165 Å². The summed E-state index contributed by atoms with van der Waals surface area (Å²) in [5.74, 6) is 1.32. The van der Waals surface area contributed by atoms with Crippen LogP contribution in [0.15, 0.2) is 58.9 Å². The quantitative estimate of drug-likeness (QED) is 0.661. The van der Waals surface area contributed by atoms with Gasteiger partial charge in [0.05, 0.1) is 11.9 Å². The van der Waals surface area contributed by atoms with Crippen molar-refractivity contribution in [2.75, 3.05) is 31.1 Å². The number of hydrogen-bond donors (Lipinski definition) is 0. The molecule has 0 amide bonds. The fourth-order valence-corrected chi connectivity index (χ4v) is 4.74. The van der Waals surface area contributed by atoms with Gasteiger partial charge in [0.2, 0.25) is 0 Å². The molecule has 3 atom stereocenters. The second kappa shape index (κ2) is 8.10. The maximum absolute atomic E-state index is 4.30. The Morgan fingerprint density at radius 2 is 1.92 bits per heavy atom. The minimum absolute atomic E-state index is 0.611. The Bertz CT molecular complexity index is 716. The minimum atomic E-state index is 0.611. The van der Waals surface area contributed by atoms with Crippen molar-refractivity contribution < 1.29 is 0 Å². The number of anilines is 1. The van der Waals surface area contributed by atoms with Crippen LogP contribution in [-0.2, 0) is 0 Å². The summed E-state index contributed by atoms with van der Waals surface area (Å²) >= 11 is 3.53. The van der Waals surface area contributed by atoms with Gasteiger partial charge in [-0.05, 0) is 52.7 Å². The molecule has 0 spiro atoms. The second-order valence-corrected chi connectivity index (χ2v) is 8.72. The molecule has 0 bridgehead atoms. The molecule has 2 heterocycles. The molecule has 1 aromatic rings. The summed E-state index contributed by atoms with van der Waals surface area (Å²) < 4.78 is 1.05. The summed E-state index contributed by atoms with van der Waals surface area (Å²) in [5, 5.41) is 0. The monoisotopic (exact) mass is 413 g/mol. The van der Waals surface area contributed by atoms with Gasteiger partial charge in [-0.2, -0.15) is 0 Å². The lowest BCUT2D eigenvalue weighted by Gasteiger charge is -2.40. The summed E-state index contributed by atoms with van der Waals surface area (Å²) in [6, 6.07) is 2.78. The van der Waals surface area contributed by atoms with Gasteiger partial charge in [-0.3, -0.25) is 9.88 Å². The van der Waals surface area contributed by atoms with Crippen molar-refractivity contribution in [2.45, 2.75) is 32.2 Å². The molecular weight excluding hydrogens is 386 g/mol. The van der Waals surface area contributed by atoms with Gasteiger partial charge in [-0.15, -0.1) is 0 Å². The van der Waals surface area contributed by atoms with E-state index in [1.807, 2.05) is 12.4 Å². The van der Waals surface area contributed by atoms with Crippen LogP contribution < -0.4 is 4.90 Å². The van der Waals surface area contributed by atoms with E-state index in [0.717, 1.165) is 30.7 Å². The largest absolute Gasteiger partial charge is 0.368 e. The molecule has 4 heteroatoms. The molecule has 1 aliphatic heterocycles. The zero-order chi connectivity index (χ0) is 17.9. The Morgan fingerprint density at radius 1 is 1.08 bits per heavy atom. The first kappa shape index (κ1) is 18.0. The summed E-state index contributed by atoms with van der Waals surface area (Å²) in [5.41, 5.74) is 2.76. The molecule has 3 nitrogen and oxygen atoms in total. The highest BCUT2D eigenvalue weighted by Crippen LogP contribution is 2.31. The smallest absolute Gasteiger partial charge is 0.0564 e. The Morgan fingerprint density at radius 3 is 2.62 bits per heavy atom. The van der Waals surface area contributed by atoms with Crippen LogP contribution in [0.5, 0.6) is 0 Å². The van der Waals surface area contributed by atoms with Gasteiger partial charge in [0, 0.05) is 48.8 Å². The van der Waals surface area contributed by atoms with Crippen LogP contribution in [0.4, 0.5) is 5.69 Å². The van der Waals surface area contributed by atoms with Crippen LogP contribution in [0, 0.1) is 11.8 Å². The molecule has 0 radical (unpaired) electrons. The Kier molecular flexibility index (Phi) is 5.60. The number of halogens is 1. The number of hydrogen-bond acceptors (Lipinski definition) is 3. The van der Waals surface area contributed by atoms with E-state index < -0.39 is 0 Å². The van der Waals surface area contributed by atoms with Crippen molar-refractivity contribution in [3.63, 3.8) is 0 Å². The van der Waals surface area contributed by atoms with E-state index in [0.29, 0.717) is 17.9 Å². The first-order valence-corrected chi connectivity index (χ1v) is 10.6. The van der Waals surface area contributed by atoms with Crippen molar-refractivity contribution in [3.05, 3.63) is 58.9 Å². The minimum Gasteiger partial charge on any atom is -0.368 e. The van der Waals surface area contributed by atoms with Crippen LogP contribution in [0.25, 0.3) is 0 Å². The molecular formula is C22H28BrN3. The highest BCUT2D eigenvalue weighted by Gasteiger charge is 2.26. The molecule has 4 rings (SSSR count). The van der Waals surface area contributed by atoms with E-state index in [1.54, 1.807) is 0 Å². The van der Waals surface area contributed by atoms with Crippen molar-refractivity contribution in [3.8, 4) is 0 Å². The number of nitrogens with zero attached hydrogens (tertiary/aromatic N) is 3. The SMILES string of the molecule is CC1C=C([C@@H]2C=C[C@@H](N3CCN(c4cncc(Br)c4)CC3)CC2)C=CC1. The molecule has 0 aromatic carbocycles. The lowest BCUT2D eigenvalue weighted by atomic mass is 9.82. The maximum Gasteiger partial charge on any atom is 0.0564 e. The highest BCUT2D eigenvalue weighted by atomic mass is 79.9. The van der Waals surface area contributed by atoms with Crippen LogP contribution in [0.2, 0.25) is 0 Å². The van der Waals surface area contributed by atoms with Crippen LogP contribution in [0.1, 0.15) is 26.2 Å². The fraction of sp³-hybridized carbons (Fsp3) is 0.500. The molecule has 3 aliphatic rings. The van der Waals surface area contributed by atoms with E-state index in [9.17, 15) is 0 Å². The van der Waals surface area contributed by atoms with Crippen molar-refractivity contribution in [2.24, 2.45) is 11.8 Å². The highest BCUT2D eigenvalue weighted by molar-refractivity contribution is 9.10. The first-order valence-electron chi connectivity index (χ1n) is 9.85. The van der Waals surface area contributed by atoms with Gasteiger partial charge in [-0.25, -0.2) is 0 Å².